The minimum absolute atomic E-state index is 0.420. The predicted molar refractivity (Wildman–Crippen MR) is 72.9 cm³/mol. The first-order valence-corrected chi connectivity index (χ1v) is 6.21. The number of rotatable bonds is 5. The third-order valence-corrected chi connectivity index (χ3v) is 2.27. The van der Waals surface area contributed by atoms with Crippen LogP contribution in [-0.4, -0.2) is 12.6 Å². The molecule has 1 rings (SSSR count). The molecule has 96 valence electrons. The van der Waals surface area contributed by atoms with Gasteiger partial charge in [0.05, 0.1) is 0 Å². The number of hydrogen-bond acceptors (Lipinski definition) is 1. The molecular formula is C14H24N2O. The summed E-state index contributed by atoms with van der Waals surface area (Å²) in [4.78, 5) is 10.1. The molecule has 1 aromatic rings. The van der Waals surface area contributed by atoms with Crippen LogP contribution in [-0.2, 0) is 0 Å². The molecule has 0 bridgehead atoms. The Bertz CT molecular complexity index is 286. The highest BCUT2D eigenvalue weighted by molar-refractivity contribution is 5.71. The summed E-state index contributed by atoms with van der Waals surface area (Å²) in [6.07, 6.45) is 4.67. The molecule has 0 atom stereocenters. The van der Waals surface area contributed by atoms with E-state index >= 15 is 0 Å². The van der Waals surface area contributed by atoms with E-state index in [1.54, 1.807) is 0 Å². The van der Waals surface area contributed by atoms with Gasteiger partial charge in [-0.1, -0.05) is 62.1 Å². The van der Waals surface area contributed by atoms with E-state index in [0.717, 1.165) is 13.0 Å². The van der Waals surface area contributed by atoms with Crippen LogP contribution in [0.3, 0.4) is 0 Å². The van der Waals surface area contributed by atoms with Crippen molar-refractivity contribution in [1.82, 2.24) is 5.32 Å². The lowest BCUT2D eigenvalue weighted by Gasteiger charge is -1.99. The number of aryl methyl sites for hydroxylation is 1. The summed E-state index contributed by atoms with van der Waals surface area (Å²) in [5.74, 6) is 0. The lowest BCUT2D eigenvalue weighted by molar-refractivity contribution is 0.248. The van der Waals surface area contributed by atoms with Gasteiger partial charge in [0.15, 0.2) is 0 Å². The minimum atomic E-state index is -0.420. The zero-order valence-corrected chi connectivity index (χ0v) is 10.9. The molecule has 0 saturated heterocycles. The van der Waals surface area contributed by atoms with Gasteiger partial charge in [0.1, 0.15) is 0 Å². The third kappa shape index (κ3) is 12.4. The van der Waals surface area contributed by atoms with Crippen LogP contribution in [0.4, 0.5) is 4.79 Å². The molecule has 0 radical (unpaired) electrons. The Balaban J connectivity index is 0.000000318. The zero-order chi connectivity index (χ0) is 12.9. The van der Waals surface area contributed by atoms with Gasteiger partial charge in [-0.05, 0) is 13.3 Å². The first kappa shape index (κ1) is 15.5. The van der Waals surface area contributed by atoms with Gasteiger partial charge in [-0.25, -0.2) is 4.79 Å². The summed E-state index contributed by atoms with van der Waals surface area (Å²) >= 11 is 0. The van der Waals surface area contributed by atoms with Crippen molar-refractivity contribution in [2.45, 2.75) is 39.5 Å². The van der Waals surface area contributed by atoms with E-state index in [2.05, 4.69) is 31.3 Å². The van der Waals surface area contributed by atoms with Gasteiger partial charge in [-0.3, -0.25) is 0 Å². The maximum Gasteiger partial charge on any atom is 0.312 e. The van der Waals surface area contributed by atoms with Gasteiger partial charge in [0, 0.05) is 6.54 Å². The molecule has 0 aliphatic rings. The van der Waals surface area contributed by atoms with Crippen LogP contribution in [0.15, 0.2) is 30.3 Å². The van der Waals surface area contributed by atoms with E-state index in [-0.39, 0.29) is 0 Å². The van der Waals surface area contributed by atoms with Gasteiger partial charge in [0.2, 0.25) is 0 Å². The van der Waals surface area contributed by atoms with Crippen molar-refractivity contribution in [3.8, 4) is 0 Å². The number of urea groups is 1. The monoisotopic (exact) mass is 236 g/mol. The molecule has 0 heterocycles. The molecular weight excluding hydrogens is 212 g/mol. The summed E-state index contributed by atoms with van der Waals surface area (Å²) in [6, 6.07) is 9.84. The van der Waals surface area contributed by atoms with Crippen molar-refractivity contribution in [3.63, 3.8) is 0 Å². The second kappa shape index (κ2) is 11.0. The summed E-state index contributed by atoms with van der Waals surface area (Å²) in [6.45, 7) is 4.96. The number of carbonyl (C=O) groups is 1. The van der Waals surface area contributed by atoms with Crippen LogP contribution >= 0.6 is 0 Å². The molecule has 0 aliphatic carbocycles. The maximum absolute atomic E-state index is 10.1. The molecule has 0 saturated carbocycles. The quantitative estimate of drug-likeness (QED) is 0.758. The van der Waals surface area contributed by atoms with Gasteiger partial charge >= 0.3 is 6.03 Å². The van der Waals surface area contributed by atoms with Crippen LogP contribution in [0.1, 0.15) is 38.2 Å². The van der Waals surface area contributed by atoms with Crippen LogP contribution in [0, 0.1) is 6.92 Å². The van der Waals surface area contributed by atoms with E-state index in [1.807, 2.05) is 18.2 Å². The van der Waals surface area contributed by atoms with E-state index in [0.29, 0.717) is 0 Å². The summed E-state index contributed by atoms with van der Waals surface area (Å²) in [7, 11) is 0. The van der Waals surface area contributed by atoms with Gasteiger partial charge in [-0.15, -0.1) is 0 Å². The fourth-order valence-corrected chi connectivity index (χ4v) is 1.30. The number of nitrogens with two attached hydrogens (primary N) is 1. The highest BCUT2D eigenvalue weighted by Crippen LogP contribution is 1.96. The number of benzene rings is 1. The number of hydrogen-bond donors (Lipinski definition) is 2. The molecule has 2 amide bonds. The van der Waals surface area contributed by atoms with Crippen molar-refractivity contribution in [2.75, 3.05) is 6.54 Å². The predicted octanol–water partition coefficient (Wildman–Crippen LogP) is 3.23. The molecule has 0 unspecified atom stereocenters. The summed E-state index contributed by atoms with van der Waals surface area (Å²) in [5, 5.41) is 2.54. The molecule has 3 heteroatoms. The number of carbonyl (C=O) groups excluding carboxylic acids is 1. The summed E-state index contributed by atoms with van der Waals surface area (Å²) in [5.41, 5.74) is 6.18. The second-order valence-corrected chi connectivity index (χ2v) is 4.01. The van der Waals surface area contributed by atoms with Gasteiger partial charge < -0.3 is 11.1 Å². The van der Waals surface area contributed by atoms with Crippen LogP contribution in [0.2, 0.25) is 0 Å². The molecule has 0 fully saturated rings. The average Bonchev–Trinajstić information content (AvgIpc) is 2.30. The van der Waals surface area contributed by atoms with Crippen molar-refractivity contribution in [2.24, 2.45) is 5.73 Å². The van der Waals surface area contributed by atoms with Crippen LogP contribution in [0.5, 0.6) is 0 Å². The minimum Gasteiger partial charge on any atom is -0.352 e. The average molecular weight is 236 g/mol. The van der Waals surface area contributed by atoms with Crippen LogP contribution in [0.25, 0.3) is 0 Å². The molecule has 0 aromatic heterocycles. The SMILES string of the molecule is CCCCCCNC(N)=O.Cc1ccccc1. The largest absolute Gasteiger partial charge is 0.352 e. The fraction of sp³-hybridized carbons (Fsp3) is 0.500. The Kier molecular flexibility index (Phi) is 10.0. The highest BCUT2D eigenvalue weighted by atomic mass is 16.2. The zero-order valence-electron chi connectivity index (χ0n) is 10.9. The first-order valence-electron chi connectivity index (χ1n) is 6.21. The molecule has 0 aliphatic heterocycles. The lowest BCUT2D eigenvalue weighted by atomic mass is 10.2. The van der Waals surface area contributed by atoms with E-state index in [4.69, 9.17) is 5.73 Å². The number of unbranched alkanes of at least 4 members (excludes halogenated alkanes) is 3. The Hall–Kier alpha value is -1.51. The molecule has 3 N–H and O–H groups in total. The highest BCUT2D eigenvalue weighted by Gasteiger charge is 1.89. The van der Waals surface area contributed by atoms with Gasteiger partial charge in [-0.2, -0.15) is 0 Å². The number of primary amides is 1. The Morgan fingerprint density at radius 2 is 1.82 bits per heavy atom. The molecule has 17 heavy (non-hydrogen) atoms. The van der Waals surface area contributed by atoms with Crippen molar-refractivity contribution >= 4 is 6.03 Å². The Labute approximate surface area is 104 Å². The lowest BCUT2D eigenvalue weighted by Crippen LogP contribution is -2.29. The molecule has 1 aromatic carbocycles. The van der Waals surface area contributed by atoms with Gasteiger partial charge in [0.25, 0.3) is 0 Å². The number of amides is 2. The van der Waals surface area contributed by atoms with Crippen LogP contribution < -0.4 is 11.1 Å². The van der Waals surface area contributed by atoms with Crippen molar-refractivity contribution in [1.29, 1.82) is 0 Å². The molecule has 0 spiro atoms. The summed E-state index contributed by atoms with van der Waals surface area (Å²) < 4.78 is 0. The second-order valence-electron chi connectivity index (χ2n) is 4.01. The number of nitrogens with one attached hydrogen (secondary N) is 1. The van der Waals surface area contributed by atoms with E-state index in [1.165, 1.54) is 24.8 Å². The topological polar surface area (TPSA) is 55.1 Å². The first-order chi connectivity index (χ1) is 8.16. The standard InChI is InChI=1S/C7H16N2O.C7H8/c1-2-3-4-5-6-9-7(8)10;1-7-5-3-2-4-6-7/h2-6H2,1H3,(H3,8,9,10);2-6H,1H3. The third-order valence-electron chi connectivity index (χ3n) is 2.27. The molecule has 3 nitrogen and oxygen atoms in total. The smallest absolute Gasteiger partial charge is 0.312 e. The van der Waals surface area contributed by atoms with Crippen molar-refractivity contribution in [3.05, 3.63) is 35.9 Å². The Morgan fingerprint density at radius 1 is 1.18 bits per heavy atom. The maximum atomic E-state index is 10.1. The van der Waals surface area contributed by atoms with E-state index < -0.39 is 6.03 Å². The Morgan fingerprint density at radius 3 is 2.24 bits per heavy atom. The fourth-order valence-electron chi connectivity index (χ4n) is 1.30. The van der Waals surface area contributed by atoms with Crippen molar-refractivity contribution < 1.29 is 4.79 Å². The normalized spacial score (nSPS) is 9.06. The van der Waals surface area contributed by atoms with E-state index in [9.17, 15) is 4.79 Å².